The van der Waals surface area contributed by atoms with Crippen LogP contribution >= 0.6 is 11.3 Å². The van der Waals surface area contributed by atoms with E-state index in [1.807, 2.05) is 32.9 Å². The van der Waals surface area contributed by atoms with E-state index in [9.17, 15) is 27.6 Å². The fourth-order valence-corrected chi connectivity index (χ4v) is 4.33. The SMILES string of the molecule is Cc1ccc(C(=O)N(CC(=O)Nc2nc(CC(=O)NCc3cccc(C(F)(F)F)c3)cs2)CC(C)C)cc1. The minimum absolute atomic E-state index is 0.0584. The zero-order chi connectivity index (χ0) is 27.9. The number of halogens is 3. The van der Waals surface area contributed by atoms with Crippen molar-refractivity contribution in [2.45, 2.75) is 39.9 Å². The number of hydrogen-bond acceptors (Lipinski definition) is 5. The molecule has 2 aromatic carbocycles. The lowest BCUT2D eigenvalue weighted by atomic mass is 10.1. The van der Waals surface area contributed by atoms with Gasteiger partial charge in [-0.25, -0.2) is 4.98 Å². The number of amides is 3. The Morgan fingerprint density at radius 1 is 1.05 bits per heavy atom. The molecule has 0 saturated heterocycles. The summed E-state index contributed by atoms with van der Waals surface area (Å²) in [4.78, 5) is 43.7. The van der Waals surface area contributed by atoms with E-state index in [0.29, 0.717) is 23.4 Å². The first kappa shape index (κ1) is 28.8. The minimum atomic E-state index is -4.46. The smallest absolute Gasteiger partial charge is 0.352 e. The van der Waals surface area contributed by atoms with Gasteiger partial charge >= 0.3 is 6.18 Å². The van der Waals surface area contributed by atoms with Crippen LogP contribution in [0.2, 0.25) is 0 Å². The molecule has 0 saturated carbocycles. The van der Waals surface area contributed by atoms with E-state index >= 15 is 0 Å². The average Bonchev–Trinajstić information content (AvgIpc) is 3.28. The standard InChI is InChI=1S/C27H29F3N4O3S/c1-17(2)14-34(25(37)20-9-7-18(3)8-10-20)15-24(36)33-26-32-22(16-38-26)12-23(35)31-13-19-5-4-6-21(11-19)27(28,29)30/h4-11,16-17H,12-15H2,1-3H3,(H,31,35)(H,32,33,36). The molecule has 7 nitrogen and oxygen atoms in total. The fourth-order valence-electron chi connectivity index (χ4n) is 3.60. The van der Waals surface area contributed by atoms with Crippen molar-refractivity contribution in [2.24, 2.45) is 5.92 Å². The monoisotopic (exact) mass is 546 g/mol. The lowest BCUT2D eigenvalue weighted by Crippen LogP contribution is -2.40. The summed E-state index contributed by atoms with van der Waals surface area (Å²) < 4.78 is 38.6. The molecule has 0 aliphatic carbocycles. The first-order valence-electron chi connectivity index (χ1n) is 11.9. The topological polar surface area (TPSA) is 91.4 Å². The molecule has 202 valence electrons. The maximum absolute atomic E-state index is 13.0. The lowest BCUT2D eigenvalue weighted by Gasteiger charge is -2.24. The zero-order valence-corrected chi connectivity index (χ0v) is 22.1. The Morgan fingerprint density at radius 3 is 2.42 bits per heavy atom. The van der Waals surface area contributed by atoms with Gasteiger partial charge in [-0.1, -0.05) is 43.7 Å². The molecule has 38 heavy (non-hydrogen) atoms. The molecule has 0 spiro atoms. The van der Waals surface area contributed by atoms with Gasteiger partial charge in [0, 0.05) is 24.0 Å². The molecule has 0 atom stereocenters. The maximum atomic E-state index is 13.0. The third-order valence-corrected chi connectivity index (χ3v) is 6.20. The average molecular weight is 547 g/mol. The number of benzene rings is 2. The summed E-state index contributed by atoms with van der Waals surface area (Å²) in [6.45, 7) is 6.02. The normalized spacial score (nSPS) is 11.3. The highest BCUT2D eigenvalue weighted by molar-refractivity contribution is 7.13. The van der Waals surface area contributed by atoms with Gasteiger partial charge in [0.05, 0.1) is 17.7 Å². The van der Waals surface area contributed by atoms with E-state index in [2.05, 4.69) is 15.6 Å². The van der Waals surface area contributed by atoms with E-state index in [0.717, 1.165) is 29.0 Å². The van der Waals surface area contributed by atoms with Crippen molar-refractivity contribution in [3.8, 4) is 0 Å². The molecule has 0 bridgehead atoms. The maximum Gasteiger partial charge on any atom is 0.416 e. The van der Waals surface area contributed by atoms with Crippen LogP contribution < -0.4 is 10.6 Å². The van der Waals surface area contributed by atoms with Crippen LogP contribution in [0.4, 0.5) is 18.3 Å². The molecule has 3 aromatic rings. The number of nitrogens with zero attached hydrogens (tertiary/aromatic N) is 2. The molecule has 1 heterocycles. The Kier molecular flexibility index (Phi) is 9.62. The third kappa shape index (κ3) is 8.69. The molecule has 0 fully saturated rings. The van der Waals surface area contributed by atoms with Crippen molar-refractivity contribution >= 4 is 34.2 Å². The number of anilines is 1. The Morgan fingerprint density at radius 2 is 1.76 bits per heavy atom. The van der Waals surface area contributed by atoms with Crippen LogP contribution in [0.3, 0.4) is 0 Å². The first-order valence-corrected chi connectivity index (χ1v) is 12.8. The van der Waals surface area contributed by atoms with Crippen LogP contribution in [0.15, 0.2) is 53.9 Å². The van der Waals surface area contributed by atoms with Gasteiger partial charge in [-0.05, 0) is 42.7 Å². The predicted molar refractivity (Wildman–Crippen MR) is 140 cm³/mol. The van der Waals surface area contributed by atoms with Crippen molar-refractivity contribution in [2.75, 3.05) is 18.4 Å². The van der Waals surface area contributed by atoms with E-state index in [4.69, 9.17) is 0 Å². The van der Waals surface area contributed by atoms with Gasteiger partial charge in [0.25, 0.3) is 5.91 Å². The summed E-state index contributed by atoms with van der Waals surface area (Å²) in [6, 6.07) is 11.9. The molecule has 0 unspecified atom stereocenters. The van der Waals surface area contributed by atoms with Gasteiger partial charge in [-0.3, -0.25) is 14.4 Å². The molecule has 0 radical (unpaired) electrons. The lowest BCUT2D eigenvalue weighted by molar-refractivity contribution is -0.137. The zero-order valence-electron chi connectivity index (χ0n) is 21.3. The van der Waals surface area contributed by atoms with E-state index in [1.165, 1.54) is 17.0 Å². The van der Waals surface area contributed by atoms with Crippen LogP contribution in [0.5, 0.6) is 0 Å². The number of aryl methyl sites for hydroxylation is 1. The summed E-state index contributed by atoms with van der Waals surface area (Å²) in [7, 11) is 0. The summed E-state index contributed by atoms with van der Waals surface area (Å²) >= 11 is 1.13. The largest absolute Gasteiger partial charge is 0.416 e. The Hall–Kier alpha value is -3.73. The number of rotatable bonds is 10. The molecule has 0 aliphatic heterocycles. The van der Waals surface area contributed by atoms with Crippen molar-refractivity contribution in [1.82, 2.24) is 15.2 Å². The van der Waals surface area contributed by atoms with E-state index < -0.39 is 23.6 Å². The van der Waals surface area contributed by atoms with E-state index in [1.54, 1.807) is 17.5 Å². The number of carbonyl (C=O) groups excluding carboxylic acids is 3. The number of nitrogens with one attached hydrogen (secondary N) is 2. The van der Waals surface area contributed by atoms with Crippen molar-refractivity contribution < 1.29 is 27.6 Å². The second-order valence-electron chi connectivity index (χ2n) is 9.29. The summed E-state index contributed by atoms with van der Waals surface area (Å²) in [5.74, 6) is -0.928. The van der Waals surface area contributed by atoms with Gasteiger partial charge in [0.2, 0.25) is 11.8 Å². The van der Waals surface area contributed by atoms with Crippen molar-refractivity contribution in [3.05, 3.63) is 81.9 Å². The second-order valence-corrected chi connectivity index (χ2v) is 10.1. The molecule has 0 aliphatic rings. The van der Waals surface area contributed by atoms with Crippen molar-refractivity contribution in [3.63, 3.8) is 0 Å². The molecule has 1 aromatic heterocycles. The summed E-state index contributed by atoms with van der Waals surface area (Å²) in [6.07, 6.45) is -4.56. The van der Waals surface area contributed by atoms with Crippen LogP contribution in [-0.2, 0) is 28.7 Å². The number of alkyl halides is 3. The Bertz CT molecular complexity index is 1270. The highest BCUT2D eigenvalue weighted by Crippen LogP contribution is 2.29. The van der Waals surface area contributed by atoms with Gasteiger partial charge in [0.15, 0.2) is 5.13 Å². The van der Waals surface area contributed by atoms with Crippen LogP contribution in [0.1, 0.15) is 46.6 Å². The Balaban J connectivity index is 1.54. The van der Waals surface area contributed by atoms with Gasteiger partial charge in [-0.15, -0.1) is 11.3 Å². The summed E-state index contributed by atoms with van der Waals surface area (Å²) in [5, 5.41) is 7.14. The first-order chi connectivity index (χ1) is 17.9. The second kappa shape index (κ2) is 12.7. The number of thiazole rings is 1. The third-order valence-electron chi connectivity index (χ3n) is 5.39. The van der Waals surface area contributed by atoms with Crippen molar-refractivity contribution in [1.29, 1.82) is 0 Å². The van der Waals surface area contributed by atoms with E-state index in [-0.39, 0.29) is 36.5 Å². The minimum Gasteiger partial charge on any atom is -0.352 e. The molecule has 3 rings (SSSR count). The number of aromatic nitrogens is 1. The highest BCUT2D eigenvalue weighted by atomic mass is 32.1. The van der Waals surface area contributed by atoms with Crippen LogP contribution in [0, 0.1) is 12.8 Å². The molecule has 3 amide bonds. The highest BCUT2D eigenvalue weighted by Gasteiger charge is 2.30. The quantitative estimate of drug-likeness (QED) is 0.372. The summed E-state index contributed by atoms with van der Waals surface area (Å²) in [5.41, 5.74) is 1.47. The molecular formula is C27H29F3N4O3S. The molecule has 2 N–H and O–H groups in total. The molecular weight excluding hydrogens is 517 g/mol. The molecule has 11 heteroatoms. The van der Waals surface area contributed by atoms with Crippen LogP contribution in [-0.4, -0.2) is 40.7 Å². The fraction of sp³-hybridized carbons (Fsp3) is 0.333. The number of carbonyl (C=O) groups is 3. The van der Waals surface area contributed by atoms with Gasteiger partial charge in [-0.2, -0.15) is 13.2 Å². The predicted octanol–water partition coefficient (Wildman–Crippen LogP) is 5.07. The van der Waals surface area contributed by atoms with Gasteiger partial charge in [0.1, 0.15) is 6.54 Å². The van der Waals surface area contributed by atoms with Crippen LogP contribution in [0.25, 0.3) is 0 Å². The number of hydrogen-bond donors (Lipinski definition) is 2. The Labute approximate surface area is 223 Å². The van der Waals surface area contributed by atoms with Gasteiger partial charge < -0.3 is 15.5 Å².